The van der Waals surface area contributed by atoms with Gasteiger partial charge in [-0.15, -0.1) is 0 Å². The summed E-state index contributed by atoms with van der Waals surface area (Å²) in [5.74, 6) is -1.22. The first-order valence-corrected chi connectivity index (χ1v) is 6.88. The van der Waals surface area contributed by atoms with Crippen LogP contribution < -0.4 is 0 Å². The average molecular weight is 275 g/mol. The fourth-order valence-corrected chi connectivity index (χ4v) is 2.59. The molecule has 0 unspecified atom stereocenters. The van der Waals surface area contributed by atoms with Crippen LogP contribution in [0, 0.1) is 0 Å². The number of aromatic carboxylic acids is 1. The fraction of sp³-hybridized carbons (Fsp3) is 0.500. The van der Waals surface area contributed by atoms with Crippen LogP contribution in [0.15, 0.2) is 18.3 Å². The van der Waals surface area contributed by atoms with E-state index in [9.17, 15) is 9.59 Å². The number of aromatic nitrogens is 1. The molecule has 1 aromatic heterocycles. The molecule has 2 aliphatic rings. The summed E-state index contributed by atoms with van der Waals surface area (Å²) < 4.78 is 0. The molecule has 0 spiro atoms. The molecule has 1 amide bonds. The summed E-state index contributed by atoms with van der Waals surface area (Å²) in [6.45, 7) is 3.24. The van der Waals surface area contributed by atoms with Gasteiger partial charge in [0.15, 0.2) is 0 Å². The van der Waals surface area contributed by atoms with Crippen molar-refractivity contribution in [1.82, 2.24) is 14.8 Å². The number of carboxylic acid groups (broad SMARTS) is 1. The molecule has 0 bridgehead atoms. The molecule has 1 N–H and O–H groups in total. The summed E-state index contributed by atoms with van der Waals surface area (Å²) in [4.78, 5) is 31.2. The molecule has 0 aromatic carbocycles. The Kier molecular flexibility index (Phi) is 3.40. The van der Waals surface area contributed by atoms with E-state index in [1.165, 1.54) is 25.1 Å². The number of nitrogens with zero attached hydrogens (tertiary/aromatic N) is 3. The van der Waals surface area contributed by atoms with Crippen molar-refractivity contribution in [2.45, 2.75) is 18.9 Å². The smallest absolute Gasteiger partial charge is 0.354 e. The Morgan fingerprint density at radius 3 is 2.50 bits per heavy atom. The first-order valence-electron chi connectivity index (χ1n) is 6.88. The van der Waals surface area contributed by atoms with Gasteiger partial charge in [0.2, 0.25) is 0 Å². The van der Waals surface area contributed by atoms with Crippen LogP contribution in [0.4, 0.5) is 0 Å². The Hall–Kier alpha value is -1.95. The van der Waals surface area contributed by atoms with E-state index < -0.39 is 5.97 Å². The van der Waals surface area contributed by atoms with E-state index in [0.717, 1.165) is 19.1 Å². The monoisotopic (exact) mass is 275 g/mol. The standard InChI is InChI=1S/C14H17N3O3/c18-13(10-3-4-15-12(9-10)14(19)20)17-7-5-16(6-8-17)11-1-2-11/h3-4,9,11H,1-2,5-8H2,(H,19,20). The fourth-order valence-electron chi connectivity index (χ4n) is 2.59. The molecule has 1 aliphatic heterocycles. The second-order valence-corrected chi connectivity index (χ2v) is 5.29. The maximum absolute atomic E-state index is 12.4. The summed E-state index contributed by atoms with van der Waals surface area (Å²) in [7, 11) is 0. The molecule has 6 nitrogen and oxygen atoms in total. The molecule has 1 saturated heterocycles. The topological polar surface area (TPSA) is 73.7 Å². The van der Waals surface area contributed by atoms with Crippen LogP contribution >= 0.6 is 0 Å². The van der Waals surface area contributed by atoms with Gasteiger partial charge in [-0.25, -0.2) is 9.78 Å². The van der Waals surface area contributed by atoms with E-state index in [1.54, 1.807) is 11.0 Å². The summed E-state index contributed by atoms with van der Waals surface area (Å²) in [6.07, 6.45) is 3.93. The number of carboxylic acids is 1. The van der Waals surface area contributed by atoms with Gasteiger partial charge in [-0.3, -0.25) is 9.69 Å². The minimum absolute atomic E-state index is 0.0903. The van der Waals surface area contributed by atoms with E-state index in [4.69, 9.17) is 5.11 Å². The van der Waals surface area contributed by atoms with Crippen molar-refractivity contribution in [1.29, 1.82) is 0 Å². The third kappa shape index (κ3) is 2.65. The van der Waals surface area contributed by atoms with Crippen molar-refractivity contribution < 1.29 is 14.7 Å². The van der Waals surface area contributed by atoms with Gasteiger partial charge in [0, 0.05) is 44.0 Å². The lowest BCUT2D eigenvalue weighted by atomic mass is 10.2. The van der Waals surface area contributed by atoms with E-state index in [2.05, 4.69) is 9.88 Å². The van der Waals surface area contributed by atoms with Gasteiger partial charge >= 0.3 is 5.97 Å². The van der Waals surface area contributed by atoms with E-state index in [1.807, 2.05) is 0 Å². The molecule has 1 aromatic rings. The SMILES string of the molecule is O=C(O)c1cc(C(=O)N2CCN(C3CC3)CC2)ccn1. The molecule has 106 valence electrons. The van der Waals surface area contributed by atoms with E-state index in [0.29, 0.717) is 18.7 Å². The Morgan fingerprint density at radius 1 is 1.20 bits per heavy atom. The molecule has 6 heteroatoms. The molecule has 3 rings (SSSR count). The third-order valence-corrected chi connectivity index (χ3v) is 3.89. The predicted molar refractivity (Wildman–Crippen MR) is 71.7 cm³/mol. The molecule has 0 atom stereocenters. The van der Waals surface area contributed by atoms with Crippen molar-refractivity contribution >= 4 is 11.9 Å². The maximum atomic E-state index is 12.4. The number of rotatable bonds is 3. The van der Waals surface area contributed by atoms with Crippen molar-refractivity contribution in [3.05, 3.63) is 29.6 Å². The largest absolute Gasteiger partial charge is 0.477 e. The highest BCUT2D eigenvalue weighted by Gasteiger charge is 2.32. The number of carbonyl (C=O) groups is 2. The normalized spacial score (nSPS) is 19.9. The minimum Gasteiger partial charge on any atom is -0.477 e. The highest BCUT2D eigenvalue weighted by molar-refractivity contribution is 5.96. The van der Waals surface area contributed by atoms with Crippen LogP contribution in [-0.4, -0.2) is 64.0 Å². The number of hydrogen-bond donors (Lipinski definition) is 1. The van der Waals surface area contributed by atoms with Crippen molar-refractivity contribution in [2.75, 3.05) is 26.2 Å². The minimum atomic E-state index is -1.11. The zero-order chi connectivity index (χ0) is 14.1. The molecule has 0 radical (unpaired) electrons. The van der Waals surface area contributed by atoms with Crippen LogP contribution in [0.25, 0.3) is 0 Å². The summed E-state index contributed by atoms with van der Waals surface area (Å²) in [5.41, 5.74) is 0.310. The Labute approximate surface area is 117 Å². The predicted octanol–water partition coefficient (Wildman–Crippen LogP) is 0.700. The van der Waals surface area contributed by atoms with Gasteiger partial charge in [-0.2, -0.15) is 0 Å². The van der Waals surface area contributed by atoms with Crippen LogP contribution in [0.2, 0.25) is 0 Å². The first kappa shape index (κ1) is 13.1. The zero-order valence-corrected chi connectivity index (χ0v) is 11.2. The van der Waals surface area contributed by atoms with Crippen molar-refractivity contribution in [2.24, 2.45) is 0 Å². The number of carbonyl (C=O) groups excluding carboxylic acids is 1. The number of hydrogen-bond acceptors (Lipinski definition) is 4. The van der Waals surface area contributed by atoms with Gasteiger partial charge in [0.25, 0.3) is 5.91 Å². The Balaban J connectivity index is 1.66. The Bertz CT molecular complexity index is 534. The molecule has 2 heterocycles. The molecule has 2 fully saturated rings. The van der Waals surface area contributed by atoms with Gasteiger partial charge in [0.1, 0.15) is 5.69 Å². The highest BCUT2D eigenvalue weighted by atomic mass is 16.4. The van der Waals surface area contributed by atoms with Crippen LogP contribution in [0.3, 0.4) is 0 Å². The van der Waals surface area contributed by atoms with Gasteiger partial charge in [0.05, 0.1) is 0 Å². The second-order valence-electron chi connectivity index (χ2n) is 5.29. The third-order valence-electron chi connectivity index (χ3n) is 3.89. The molecule has 20 heavy (non-hydrogen) atoms. The molecule has 1 saturated carbocycles. The van der Waals surface area contributed by atoms with Crippen molar-refractivity contribution in [3.63, 3.8) is 0 Å². The first-order chi connectivity index (χ1) is 9.65. The molecule has 1 aliphatic carbocycles. The average Bonchev–Trinajstić information content (AvgIpc) is 3.31. The highest BCUT2D eigenvalue weighted by Crippen LogP contribution is 2.27. The van der Waals surface area contributed by atoms with Gasteiger partial charge in [-0.05, 0) is 25.0 Å². The van der Waals surface area contributed by atoms with Crippen LogP contribution in [0.5, 0.6) is 0 Å². The van der Waals surface area contributed by atoms with Crippen LogP contribution in [-0.2, 0) is 0 Å². The molecular weight excluding hydrogens is 258 g/mol. The second kappa shape index (κ2) is 5.20. The van der Waals surface area contributed by atoms with E-state index in [-0.39, 0.29) is 11.6 Å². The number of pyridine rings is 1. The summed E-state index contributed by atoms with van der Waals surface area (Å²) in [5, 5.41) is 8.91. The maximum Gasteiger partial charge on any atom is 0.354 e. The quantitative estimate of drug-likeness (QED) is 0.879. The van der Waals surface area contributed by atoms with Crippen LogP contribution in [0.1, 0.15) is 33.7 Å². The lowest BCUT2D eigenvalue weighted by molar-refractivity contribution is 0.0627. The van der Waals surface area contributed by atoms with E-state index >= 15 is 0 Å². The van der Waals surface area contributed by atoms with Crippen molar-refractivity contribution in [3.8, 4) is 0 Å². The zero-order valence-electron chi connectivity index (χ0n) is 11.2. The van der Waals surface area contributed by atoms with Gasteiger partial charge < -0.3 is 10.0 Å². The van der Waals surface area contributed by atoms with Gasteiger partial charge in [-0.1, -0.05) is 0 Å². The molecular formula is C14H17N3O3. The number of piperazine rings is 1. The number of amides is 1. The summed E-state index contributed by atoms with van der Waals surface area (Å²) in [6, 6.07) is 3.65. The Morgan fingerprint density at radius 2 is 1.90 bits per heavy atom. The lowest BCUT2D eigenvalue weighted by Gasteiger charge is -2.34. The lowest BCUT2D eigenvalue weighted by Crippen LogP contribution is -2.49. The summed E-state index contributed by atoms with van der Waals surface area (Å²) >= 11 is 0.